The highest BCUT2D eigenvalue weighted by Crippen LogP contribution is 2.32. The van der Waals surface area contributed by atoms with Gasteiger partial charge in [-0.05, 0) is 6.07 Å². The molecule has 0 aliphatic rings. The lowest BCUT2D eigenvalue weighted by Gasteiger charge is -2.05. The zero-order valence-corrected chi connectivity index (χ0v) is 8.33. The Bertz CT molecular complexity index is 526. The second-order valence-electron chi connectivity index (χ2n) is 3.07. The van der Waals surface area contributed by atoms with Gasteiger partial charge in [-0.2, -0.15) is 0 Å². The molecule has 1 aromatic carbocycles. The smallest absolute Gasteiger partial charge is 0.230 e. The summed E-state index contributed by atoms with van der Waals surface area (Å²) in [4.78, 5) is 0. The van der Waals surface area contributed by atoms with E-state index in [0.717, 1.165) is 6.07 Å². The number of nitrogens with zero attached hydrogens (tertiary/aromatic N) is 1. The standard InChI is InChI=1S/C10H8F2N2O2/c1-15-9-2-5(7(11)3-8(9)12)6-4-14-16-10(6)13/h2-4H,13H2,1H3. The van der Waals surface area contributed by atoms with Crippen LogP contribution in [0.1, 0.15) is 0 Å². The van der Waals surface area contributed by atoms with Crippen LogP contribution in [0, 0.1) is 11.6 Å². The number of rotatable bonds is 2. The first-order valence-electron chi connectivity index (χ1n) is 4.37. The molecule has 0 amide bonds. The van der Waals surface area contributed by atoms with Crippen molar-refractivity contribution in [3.63, 3.8) is 0 Å². The Balaban J connectivity index is 2.61. The van der Waals surface area contributed by atoms with Crippen LogP contribution >= 0.6 is 0 Å². The van der Waals surface area contributed by atoms with E-state index in [1.54, 1.807) is 0 Å². The molecular formula is C10H8F2N2O2. The van der Waals surface area contributed by atoms with Crippen LogP contribution in [0.25, 0.3) is 11.1 Å². The summed E-state index contributed by atoms with van der Waals surface area (Å²) in [6.45, 7) is 0. The molecule has 4 nitrogen and oxygen atoms in total. The van der Waals surface area contributed by atoms with Crippen molar-refractivity contribution in [2.24, 2.45) is 0 Å². The van der Waals surface area contributed by atoms with Gasteiger partial charge in [-0.15, -0.1) is 0 Å². The lowest BCUT2D eigenvalue weighted by atomic mass is 10.1. The van der Waals surface area contributed by atoms with Crippen molar-refractivity contribution in [1.29, 1.82) is 0 Å². The van der Waals surface area contributed by atoms with Gasteiger partial charge in [0, 0.05) is 11.6 Å². The fraction of sp³-hybridized carbons (Fsp3) is 0.100. The fourth-order valence-electron chi connectivity index (χ4n) is 1.34. The summed E-state index contributed by atoms with van der Waals surface area (Å²) in [5.41, 5.74) is 5.78. The van der Waals surface area contributed by atoms with E-state index < -0.39 is 11.6 Å². The summed E-state index contributed by atoms with van der Waals surface area (Å²) < 4.78 is 36.0. The van der Waals surface area contributed by atoms with E-state index in [9.17, 15) is 8.78 Å². The molecule has 6 heteroatoms. The highest BCUT2D eigenvalue weighted by molar-refractivity contribution is 5.73. The van der Waals surface area contributed by atoms with Crippen molar-refractivity contribution in [2.45, 2.75) is 0 Å². The summed E-state index contributed by atoms with van der Waals surface area (Å²) >= 11 is 0. The Labute approximate surface area is 89.6 Å². The molecule has 0 radical (unpaired) electrons. The van der Waals surface area contributed by atoms with Crippen LogP contribution in [0.5, 0.6) is 5.75 Å². The molecule has 84 valence electrons. The minimum absolute atomic E-state index is 0.0347. The molecule has 16 heavy (non-hydrogen) atoms. The lowest BCUT2D eigenvalue weighted by molar-refractivity contribution is 0.384. The monoisotopic (exact) mass is 226 g/mol. The molecule has 0 aliphatic carbocycles. The molecule has 0 atom stereocenters. The molecule has 2 N–H and O–H groups in total. The normalized spacial score (nSPS) is 10.4. The molecule has 0 fully saturated rings. The predicted octanol–water partition coefficient (Wildman–Crippen LogP) is 2.21. The first-order chi connectivity index (χ1) is 7.63. The summed E-state index contributed by atoms with van der Waals surface area (Å²) in [7, 11) is 1.29. The van der Waals surface area contributed by atoms with E-state index in [-0.39, 0.29) is 22.8 Å². The van der Waals surface area contributed by atoms with Crippen molar-refractivity contribution in [1.82, 2.24) is 5.16 Å². The van der Waals surface area contributed by atoms with Gasteiger partial charge in [0.05, 0.1) is 18.9 Å². The van der Waals surface area contributed by atoms with Gasteiger partial charge in [-0.3, -0.25) is 0 Å². The quantitative estimate of drug-likeness (QED) is 0.852. The SMILES string of the molecule is COc1cc(-c2cnoc2N)c(F)cc1F. The summed E-state index contributed by atoms with van der Waals surface area (Å²) in [5, 5.41) is 3.42. The van der Waals surface area contributed by atoms with Gasteiger partial charge < -0.3 is 15.0 Å². The Morgan fingerprint density at radius 3 is 2.56 bits per heavy atom. The average Bonchev–Trinajstić information content (AvgIpc) is 2.65. The summed E-state index contributed by atoms with van der Waals surface area (Å²) in [6, 6.07) is 1.92. The van der Waals surface area contributed by atoms with Crippen molar-refractivity contribution in [2.75, 3.05) is 12.8 Å². The number of aromatic nitrogens is 1. The third-order valence-electron chi connectivity index (χ3n) is 2.13. The highest BCUT2D eigenvalue weighted by Gasteiger charge is 2.16. The number of benzene rings is 1. The minimum atomic E-state index is -0.779. The molecule has 1 heterocycles. The van der Waals surface area contributed by atoms with E-state index in [4.69, 9.17) is 10.5 Å². The van der Waals surface area contributed by atoms with Crippen LogP contribution in [0.3, 0.4) is 0 Å². The molecule has 0 aliphatic heterocycles. The second kappa shape index (κ2) is 3.80. The number of nitrogens with two attached hydrogens (primary N) is 1. The lowest BCUT2D eigenvalue weighted by Crippen LogP contribution is -1.94. The molecule has 2 aromatic rings. The first kappa shape index (κ1) is 10.4. The minimum Gasteiger partial charge on any atom is -0.494 e. The van der Waals surface area contributed by atoms with Gasteiger partial charge in [-0.25, -0.2) is 8.78 Å². The van der Waals surface area contributed by atoms with Crippen LogP contribution in [0.2, 0.25) is 0 Å². The Kier molecular flexibility index (Phi) is 2.47. The molecular weight excluding hydrogens is 218 g/mol. The predicted molar refractivity (Wildman–Crippen MR) is 52.8 cm³/mol. The Morgan fingerprint density at radius 1 is 1.25 bits per heavy atom. The Morgan fingerprint density at radius 2 is 2.00 bits per heavy atom. The summed E-state index contributed by atoms with van der Waals surface area (Å²) in [6.07, 6.45) is 1.26. The maximum Gasteiger partial charge on any atom is 0.230 e. The van der Waals surface area contributed by atoms with Gasteiger partial charge in [-0.1, -0.05) is 5.16 Å². The van der Waals surface area contributed by atoms with Gasteiger partial charge in [0.2, 0.25) is 5.88 Å². The molecule has 0 saturated carbocycles. The van der Waals surface area contributed by atoms with E-state index >= 15 is 0 Å². The van der Waals surface area contributed by atoms with Crippen molar-refractivity contribution in [3.05, 3.63) is 30.0 Å². The molecule has 0 unspecified atom stereocenters. The van der Waals surface area contributed by atoms with E-state index in [2.05, 4.69) is 9.68 Å². The van der Waals surface area contributed by atoms with Crippen molar-refractivity contribution in [3.8, 4) is 16.9 Å². The first-order valence-corrected chi connectivity index (χ1v) is 4.37. The van der Waals surface area contributed by atoms with Gasteiger partial charge in [0.1, 0.15) is 5.82 Å². The number of methoxy groups -OCH3 is 1. The van der Waals surface area contributed by atoms with Crippen LogP contribution in [-0.2, 0) is 0 Å². The molecule has 0 saturated heterocycles. The third-order valence-corrected chi connectivity index (χ3v) is 2.13. The fourth-order valence-corrected chi connectivity index (χ4v) is 1.34. The number of anilines is 1. The zero-order valence-electron chi connectivity index (χ0n) is 8.33. The number of nitrogen functional groups attached to an aromatic ring is 1. The van der Waals surface area contributed by atoms with Crippen LogP contribution in [0.15, 0.2) is 22.9 Å². The number of ether oxygens (including phenoxy) is 1. The molecule has 0 spiro atoms. The van der Waals surface area contributed by atoms with Gasteiger partial charge in [0.25, 0.3) is 0 Å². The van der Waals surface area contributed by atoms with Crippen molar-refractivity contribution < 1.29 is 18.0 Å². The number of hydrogen-bond donors (Lipinski definition) is 1. The van der Waals surface area contributed by atoms with E-state index in [1.165, 1.54) is 19.4 Å². The number of hydrogen-bond acceptors (Lipinski definition) is 4. The maximum atomic E-state index is 13.5. The van der Waals surface area contributed by atoms with Crippen LogP contribution in [0.4, 0.5) is 14.7 Å². The van der Waals surface area contributed by atoms with E-state index in [0.29, 0.717) is 0 Å². The largest absolute Gasteiger partial charge is 0.494 e. The third kappa shape index (κ3) is 1.58. The maximum absolute atomic E-state index is 13.5. The number of halogens is 2. The Hall–Kier alpha value is -2.11. The molecule has 0 bridgehead atoms. The molecule has 1 aromatic heterocycles. The highest BCUT2D eigenvalue weighted by atomic mass is 19.1. The topological polar surface area (TPSA) is 61.3 Å². The zero-order chi connectivity index (χ0) is 11.7. The second-order valence-corrected chi connectivity index (χ2v) is 3.07. The molecule has 2 rings (SSSR count). The van der Waals surface area contributed by atoms with Gasteiger partial charge >= 0.3 is 0 Å². The van der Waals surface area contributed by atoms with Crippen molar-refractivity contribution >= 4 is 5.88 Å². The average molecular weight is 226 g/mol. The summed E-state index contributed by atoms with van der Waals surface area (Å²) in [5.74, 6) is -1.64. The van der Waals surface area contributed by atoms with Crippen LogP contribution < -0.4 is 10.5 Å². The van der Waals surface area contributed by atoms with Crippen LogP contribution in [-0.4, -0.2) is 12.3 Å². The van der Waals surface area contributed by atoms with Gasteiger partial charge in [0.15, 0.2) is 11.6 Å². The van der Waals surface area contributed by atoms with E-state index in [1.807, 2.05) is 0 Å².